The van der Waals surface area contributed by atoms with E-state index in [-0.39, 0.29) is 6.54 Å². The van der Waals surface area contributed by atoms with Gasteiger partial charge in [-0.1, -0.05) is 0 Å². The van der Waals surface area contributed by atoms with Gasteiger partial charge < -0.3 is 19.6 Å². The number of anilines is 1. The van der Waals surface area contributed by atoms with Gasteiger partial charge in [-0.25, -0.2) is 5.84 Å². The molecular formula is C9H11N2O3-. The highest BCUT2D eigenvalue weighted by Crippen LogP contribution is 2.16. The molecule has 5 heteroatoms. The number of ether oxygens (including phenoxy) is 1. The van der Waals surface area contributed by atoms with Crippen LogP contribution in [-0.4, -0.2) is 19.6 Å². The average molecular weight is 195 g/mol. The van der Waals surface area contributed by atoms with Crippen LogP contribution in [0.2, 0.25) is 0 Å². The van der Waals surface area contributed by atoms with Gasteiger partial charge in [0.25, 0.3) is 0 Å². The standard InChI is InChI=1S/C9H12N2O3/c1-14-8-4-2-7(3-5-8)11(10)6-9(12)13/h2-5H,6,10H2,1H3,(H,12,13)/p-1. The van der Waals surface area contributed by atoms with E-state index in [1.54, 1.807) is 31.4 Å². The number of nitrogens with zero attached hydrogens (tertiary/aromatic N) is 1. The smallest absolute Gasteiger partial charge is 0.119 e. The number of benzene rings is 1. The predicted molar refractivity (Wildman–Crippen MR) is 49.5 cm³/mol. The van der Waals surface area contributed by atoms with Crippen molar-refractivity contribution < 1.29 is 14.6 Å². The summed E-state index contributed by atoms with van der Waals surface area (Å²) in [5.41, 5.74) is 0.593. The summed E-state index contributed by atoms with van der Waals surface area (Å²) in [6.45, 7) is -0.341. The largest absolute Gasteiger partial charge is 0.548 e. The van der Waals surface area contributed by atoms with Crippen LogP contribution in [0, 0.1) is 0 Å². The maximum absolute atomic E-state index is 10.2. The summed E-state index contributed by atoms with van der Waals surface area (Å²) >= 11 is 0. The van der Waals surface area contributed by atoms with Gasteiger partial charge in [0.1, 0.15) is 5.75 Å². The Balaban J connectivity index is 2.71. The first-order valence-corrected chi connectivity index (χ1v) is 3.99. The third kappa shape index (κ3) is 2.63. The van der Waals surface area contributed by atoms with E-state index in [9.17, 15) is 9.90 Å². The van der Waals surface area contributed by atoms with E-state index in [0.29, 0.717) is 11.4 Å². The number of carboxylic acid groups (broad SMARTS) is 1. The molecule has 0 amide bonds. The molecule has 0 radical (unpaired) electrons. The highest BCUT2D eigenvalue weighted by atomic mass is 16.5. The minimum Gasteiger partial charge on any atom is -0.548 e. The van der Waals surface area contributed by atoms with Crippen molar-refractivity contribution >= 4 is 11.7 Å². The molecular weight excluding hydrogens is 184 g/mol. The predicted octanol–water partition coefficient (Wildman–Crippen LogP) is -0.875. The van der Waals surface area contributed by atoms with E-state index in [1.807, 2.05) is 0 Å². The molecule has 1 aromatic rings. The molecule has 14 heavy (non-hydrogen) atoms. The normalized spacial score (nSPS) is 9.57. The van der Waals surface area contributed by atoms with Crippen molar-refractivity contribution in [3.8, 4) is 5.75 Å². The third-order valence-corrected chi connectivity index (χ3v) is 1.70. The molecule has 0 aliphatic carbocycles. The second-order valence-corrected chi connectivity index (χ2v) is 2.70. The summed E-state index contributed by atoms with van der Waals surface area (Å²) in [5, 5.41) is 11.3. The van der Waals surface area contributed by atoms with Crippen LogP contribution < -0.4 is 20.7 Å². The van der Waals surface area contributed by atoms with E-state index in [4.69, 9.17) is 10.6 Å². The zero-order valence-electron chi connectivity index (χ0n) is 7.77. The van der Waals surface area contributed by atoms with E-state index >= 15 is 0 Å². The SMILES string of the molecule is COc1ccc(N(N)CC(=O)[O-])cc1. The Labute approximate surface area is 81.7 Å². The van der Waals surface area contributed by atoms with Crippen LogP contribution in [0.15, 0.2) is 24.3 Å². The number of methoxy groups -OCH3 is 1. The van der Waals surface area contributed by atoms with Crippen LogP contribution >= 0.6 is 0 Å². The Morgan fingerprint density at radius 3 is 2.50 bits per heavy atom. The lowest BCUT2D eigenvalue weighted by atomic mass is 10.3. The van der Waals surface area contributed by atoms with Gasteiger partial charge in [0.15, 0.2) is 0 Å². The number of nitrogens with two attached hydrogens (primary N) is 1. The van der Waals surface area contributed by atoms with Crippen LogP contribution in [0.3, 0.4) is 0 Å². The monoisotopic (exact) mass is 195 g/mol. The van der Waals surface area contributed by atoms with E-state index < -0.39 is 5.97 Å². The number of hydrogen-bond donors (Lipinski definition) is 1. The fraction of sp³-hybridized carbons (Fsp3) is 0.222. The fourth-order valence-electron chi connectivity index (χ4n) is 1.00. The second kappa shape index (κ2) is 4.48. The summed E-state index contributed by atoms with van der Waals surface area (Å²) in [7, 11) is 1.55. The number of rotatable bonds is 4. The average Bonchev–Trinajstić information content (AvgIpc) is 2.17. The number of carboxylic acids is 1. The van der Waals surface area contributed by atoms with Crippen LogP contribution in [-0.2, 0) is 4.79 Å². The minimum absolute atomic E-state index is 0.341. The third-order valence-electron chi connectivity index (χ3n) is 1.70. The number of carbonyl (C=O) groups is 1. The molecule has 0 fully saturated rings. The zero-order chi connectivity index (χ0) is 10.6. The van der Waals surface area contributed by atoms with E-state index in [2.05, 4.69) is 0 Å². The van der Waals surface area contributed by atoms with Crippen molar-refractivity contribution in [3.05, 3.63) is 24.3 Å². The van der Waals surface area contributed by atoms with Gasteiger partial charge in [0, 0.05) is 0 Å². The summed E-state index contributed by atoms with van der Waals surface area (Å²) in [6.07, 6.45) is 0. The van der Waals surface area contributed by atoms with Crippen molar-refractivity contribution in [2.45, 2.75) is 0 Å². The molecule has 0 saturated heterocycles. The van der Waals surface area contributed by atoms with Gasteiger partial charge >= 0.3 is 0 Å². The van der Waals surface area contributed by atoms with Crippen LogP contribution in [0.5, 0.6) is 5.75 Å². The molecule has 0 atom stereocenters. The zero-order valence-corrected chi connectivity index (χ0v) is 7.77. The summed E-state index contributed by atoms with van der Waals surface area (Å²) in [4.78, 5) is 10.2. The van der Waals surface area contributed by atoms with Gasteiger partial charge in [-0.3, -0.25) is 0 Å². The van der Waals surface area contributed by atoms with Crippen LogP contribution in [0.1, 0.15) is 0 Å². The highest BCUT2D eigenvalue weighted by molar-refractivity contribution is 5.71. The molecule has 5 nitrogen and oxygen atoms in total. The number of carbonyl (C=O) groups excluding carboxylic acids is 1. The lowest BCUT2D eigenvalue weighted by Gasteiger charge is -2.19. The van der Waals surface area contributed by atoms with Gasteiger partial charge in [-0.2, -0.15) is 0 Å². The fourth-order valence-corrected chi connectivity index (χ4v) is 1.00. The molecule has 0 aromatic heterocycles. The Hall–Kier alpha value is -1.75. The van der Waals surface area contributed by atoms with Crippen LogP contribution in [0.4, 0.5) is 5.69 Å². The Kier molecular flexibility index (Phi) is 3.30. The van der Waals surface area contributed by atoms with Crippen molar-refractivity contribution in [1.29, 1.82) is 0 Å². The summed E-state index contributed by atoms with van der Waals surface area (Å²) < 4.78 is 4.94. The molecule has 0 aliphatic heterocycles. The van der Waals surface area contributed by atoms with Crippen LogP contribution in [0.25, 0.3) is 0 Å². The maximum atomic E-state index is 10.2. The van der Waals surface area contributed by atoms with E-state index in [0.717, 1.165) is 5.01 Å². The van der Waals surface area contributed by atoms with Gasteiger partial charge in [0.05, 0.1) is 25.3 Å². The quantitative estimate of drug-likeness (QED) is 0.499. The first-order chi connectivity index (χ1) is 6.63. The first-order valence-electron chi connectivity index (χ1n) is 3.99. The van der Waals surface area contributed by atoms with E-state index in [1.165, 1.54) is 0 Å². The number of hydrazine groups is 1. The molecule has 1 rings (SSSR count). The number of hydrogen-bond acceptors (Lipinski definition) is 5. The molecule has 0 aliphatic rings. The molecule has 2 N–H and O–H groups in total. The molecule has 0 unspecified atom stereocenters. The van der Waals surface area contributed by atoms with Gasteiger partial charge in [0.2, 0.25) is 0 Å². The lowest BCUT2D eigenvalue weighted by molar-refractivity contribution is -0.303. The van der Waals surface area contributed by atoms with Crippen molar-refractivity contribution in [3.63, 3.8) is 0 Å². The molecule has 76 valence electrons. The Morgan fingerprint density at radius 1 is 1.50 bits per heavy atom. The maximum Gasteiger partial charge on any atom is 0.119 e. The number of aliphatic carboxylic acids is 1. The first kappa shape index (κ1) is 10.3. The van der Waals surface area contributed by atoms with Crippen molar-refractivity contribution in [2.75, 3.05) is 18.7 Å². The summed E-state index contributed by atoms with van der Waals surface area (Å²) in [6, 6.07) is 6.73. The molecule has 0 heterocycles. The Bertz CT molecular complexity index is 310. The second-order valence-electron chi connectivity index (χ2n) is 2.70. The highest BCUT2D eigenvalue weighted by Gasteiger charge is 2.01. The summed E-state index contributed by atoms with van der Waals surface area (Å²) in [5.74, 6) is 4.93. The molecule has 0 spiro atoms. The van der Waals surface area contributed by atoms with Gasteiger partial charge in [-0.15, -0.1) is 0 Å². The molecule has 1 aromatic carbocycles. The minimum atomic E-state index is -1.22. The van der Waals surface area contributed by atoms with Crippen molar-refractivity contribution in [1.82, 2.24) is 0 Å². The van der Waals surface area contributed by atoms with Gasteiger partial charge in [-0.05, 0) is 24.3 Å². The topological polar surface area (TPSA) is 78.6 Å². The molecule has 0 saturated carbocycles. The Morgan fingerprint density at radius 2 is 2.07 bits per heavy atom. The lowest BCUT2D eigenvalue weighted by Crippen LogP contribution is -2.42. The molecule has 0 bridgehead atoms. The van der Waals surface area contributed by atoms with Crippen molar-refractivity contribution in [2.24, 2.45) is 5.84 Å².